The molecule has 3 heterocycles. The van der Waals surface area contributed by atoms with Crippen molar-refractivity contribution in [3.8, 4) is 0 Å². The van der Waals surface area contributed by atoms with Crippen molar-refractivity contribution >= 4 is 61.6 Å². The zero-order valence-corrected chi connectivity index (χ0v) is 16.6. The van der Waals surface area contributed by atoms with Gasteiger partial charge in [-0.1, -0.05) is 11.3 Å². The molecule has 3 aromatic heterocycles. The molecule has 142 valence electrons. The fourth-order valence-corrected chi connectivity index (χ4v) is 4.63. The minimum Gasteiger partial charge on any atom is -0.301 e. The Morgan fingerprint density at radius 3 is 3.00 bits per heavy atom. The smallest absolute Gasteiger partial charge is 0.241 e. The zero-order valence-electron chi connectivity index (χ0n) is 14.2. The van der Waals surface area contributed by atoms with Gasteiger partial charge in [0, 0.05) is 12.0 Å². The van der Waals surface area contributed by atoms with Crippen LogP contribution in [0.25, 0.3) is 15.9 Å². The number of hydrogen-bond acceptors (Lipinski definition) is 7. The fourth-order valence-electron chi connectivity index (χ4n) is 2.76. The predicted molar refractivity (Wildman–Crippen MR) is 106 cm³/mol. The van der Waals surface area contributed by atoms with E-state index in [-0.39, 0.29) is 11.8 Å². The standard InChI is InChI=1S/C17H12ClFN6OS2/c18-7-15(26)21-16-20-11-5-9(19)12(6-13(11)27-16)28-17-23-22-14-4-3-10(8-1-2-8)24-25(14)17/h3-6,8H,1-2,7H2,(H,20,21,26). The van der Waals surface area contributed by atoms with Crippen molar-refractivity contribution in [2.24, 2.45) is 0 Å². The van der Waals surface area contributed by atoms with Gasteiger partial charge in [0.15, 0.2) is 10.8 Å². The summed E-state index contributed by atoms with van der Waals surface area (Å²) in [7, 11) is 0. The van der Waals surface area contributed by atoms with Crippen molar-refractivity contribution in [2.75, 3.05) is 11.2 Å². The number of hydrogen-bond donors (Lipinski definition) is 1. The van der Waals surface area contributed by atoms with Gasteiger partial charge in [-0.05, 0) is 42.8 Å². The number of halogens is 2. The van der Waals surface area contributed by atoms with E-state index in [1.807, 2.05) is 12.1 Å². The second-order valence-electron chi connectivity index (χ2n) is 6.34. The van der Waals surface area contributed by atoms with E-state index in [0.29, 0.717) is 32.3 Å². The summed E-state index contributed by atoms with van der Waals surface area (Å²) in [6.45, 7) is 0. The van der Waals surface area contributed by atoms with E-state index < -0.39 is 5.82 Å². The Morgan fingerprint density at radius 1 is 1.36 bits per heavy atom. The van der Waals surface area contributed by atoms with Gasteiger partial charge in [0.1, 0.15) is 11.7 Å². The van der Waals surface area contributed by atoms with E-state index in [9.17, 15) is 9.18 Å². The normalized spacial score (nSPS) is 14.1. The summed E-state index contributed by atoms with van der Waals surface area (Å²) in [6, 6.07) is 6.88. The number of benzene rings is 1. The Hall–Kier alpha value is -2.30. The molecule has 5 rings (SSSR count). The van der Waals surface area contributed by atoms with E-state index in [1.54, 1.807) is 10.6 Å². The number of nitrogens with zero attached hydrogens (tertiary/aromatic N) is 5. The van der Waals surface area contributed by atoms with Gasteiger partial charge in [0.2, 0.25) is 11.1 Å². The van der Waals surface area contributed by atoms with Crippen LogP contribution < -0.4 is 5.32 Å². The summed E-state index contributed by atoms with van der Waals surface area (Å²) in [5, 5.41) is 16.3. The number of carbonyl (C=O) groups is 1. The topological polar surface area (TPSA) is 85.1 Å². The van der Waals surface area contributed by atoms with Crippen LogP contribution in [0.15, 0.2) is 34.3 Å². The van der Waals surface area contributed by atoms with Crippen molar-refractivity contribution in [3.05, 3.63) is 35.8 Å². The molecule has 11 heteroatoms. The fraction of sp³-hybridized carbons (Fsp3) is 0.235. The third kappa shape index (κ3) is 3.31. The first-order chi connectivity index (χ1) is 13.6. The van der Waals surface area contributed by atoms with Gasteiger partial charge >= 0.3 is 0 Å². The minimum atomic E-state index is -0.423. The van der Waals surface area contributed by atoms with Gasteiger partial charge in [0.25, 0.3) is 0 Å². The van der Waals surface area contributed by atoms with Crippen LogP contribution >= 0.6 is 34.7 Å². The molecular weight excluding hydrogens is 423 g/mol. The molecule has 28 heavy (non-hydrogen) atoms. The van der Waals surface area contributed by atoms with Crippen LogP contribution in [0.2, 0.25) is 0 Å². The van der Waals surface area contributed by atoms with Crippen molar-refractivity contribution in [1.82, 2.24) is 24.8 Å². The van der Waals surface area contributed by atoms with Gasteiger partial charge in [-0.25, -0.2) is 9.37 Å². The quantitative estimate of drug-likeness (QED) is 0.476. The number of fused-ring (bicyclic) bond motifs is 2. The Labute approximate surface area is 171 Å². The maximum atomic E-state index is 14.6. The highest BCUT2D eigenvalue weighted by molar-refractivity contribution is 7.99. The molecule has 1 N–H and O–H groups in total. The lowest BCUT2D eigenvalue weighted by Crippen LogP contribution is -2.11. The van der Waals surface area contributed by atoms with Crippen LogP contribution in [0.3, 0.4) is 0 Å². The molecule has 0 radical (unpaired) electrons. The Morgan fingerprint density at radius 2 is 2.21 bits per heavy atom. The zero-order chi connectivity index (χ0) is 19.3. The van der Waals surface area contributed by atoms with Crippen molar-refractivity contribution in [1.29, 1.82) is 0 Å². The molecule has 0 bridgehead atoms. The Balaban J connectivity index is 1.49. The van der Waals surface area contributed by atoms with Crippen molar-refractivity contribution in [3.63, 3.8) is 0 Å². The SMILES string of the molecule is O=C(CCl)Nc1nc2cc(F)c(Sc3nnc4ccc(C5CC5)nn34)cc2s1. The van der Waals surface area contributed by atoms with E-state index in [4.69, 9.17) is 11.6 Å². The molecule has 0 atom stereocenters. The van der Waals surface area contributed by atoms with Crippen LogP contribution in [0.5, 0.6) is 0 Å². The maximum Gasteiger partial charge on any atom is 0.241 e. The maximum absolute atomic E-state index is 14.6. The highest BCUT2D eigenvalue weighted by Crippen LogP contribution is 2.39. The lowest BCUT2D eigenvalue weighted by atomic mass is 10.3. The molecule has 1 saturated carbocycles. The van der Waals surface area contributed by atoms with Crippen LogP contribution in [-0.2, 0) is 4.79 Å². The number of thiazole rings is 1. The first kappa shape index (κ1) is 17.8. The van der Waals surface area contributed by atoms with E-state index in [1.165, 1.54) is 17.4 Å². The summed E-state index contributed by atoms with van der Waals surface area (Å²) in [5.41, 5.74) is 2.10. The molecule has 1 aliphatic carbocycles. The van der Waals surface area contributed by atoms with Gasteiger partial charge in [-0.15, -0.1) is 21.8 Å². The predicted octanol–water partition coefficient (Wildman–Crippen LogP) is 4.08. The third-order valence-electron chi connectivity index (χ3n) is 4.26. The van der Waals surface area contributed by atoms with Crippen LogP contribution in [-0.4, -0.2) is 36.6 Å². The monoisotopic (exact) mass is 434 g/mol. The number of anilines is 1. The van der Waals surface area contributed by atoms with Crippen molar-refractivity contribution in [2.45, 2.75) is 28.8 Å². The summed E-state index contributed by atoms with van der Waals surface area (Å²) in [4.78, 5) is 16.0. The molecule has 1 aromatic carbocycles. The largest absolute Gasteiger partial charge is 0.301 e. The second kappa shape index (κ2) is 6.94. The Kier molecular flexibility index (Phi) is 4.41. The van der Waals surface area contributed by atoms with E-state index >= 15 is 0 Å². The molecule has 0 spiro atoms. The number of rotatable bonds is 5. The van der Waals surface area contributed by atoms with Gasteiger partial charge in [0.05, 0.1) is 20.8 Å². The Bertz CT molecular complexity index is 1220. The lowest BCUT2D eigenvalue weighted by Gasteiger charge is -2.03. The van der Waals surface area contributed by atoms with Gasteiger partial charge in [-0.3, -0.25) is 4.79 Å². The number of carbonyl (C=O) groups excluding carboxylic acids is 1. The van der Waals surface area contributed by atoms with Crippen LogP contribution in [0.4, 0.5) is 9.52 Å². The molecule has 7 nitrogen and oxygen atoms in total. The number of alkyl halides is 1. The van der Waals surface area contributed by atoms with E-state index in [0.717, 1.165) is 35.0 Å². The van der Waals surface area contributed by atoms with Gasteiger partial charge in [-0.2, -0.15) is 9.61 Å². The summed E-state index contributed by atoms with van der Waals surface area (Å²) >= 11 is 7.90. The van der Waals surface area contributed by atoms with Crippen molar-refractivity contribution < 1.29 is 9.18 Å². The minimum absolute atomic E-state index is 0.165. The molecule has 0 aliphatic heterocycles. The molecular formula is C17H12ClFN6OS2. The number of nitrogens with one attached hydrogen (secondary N) is 1. The third-order valence-corrected chi connectivity index (χ3v) is 6.41. The molecule has 1 fully saturated rings. The van der Waals surface area contributed by atoms with Crippen LogP contribution in [0.1, 0.15) is 24.5 Å². The summed E-state index contributed by atoms with van der Waals surface area (Å²) < 4.78 is 17.0. The molecule has 0 saturated heterocycles. The molecule has 1 aliphatic rings. The number of aromatic nitrogens is 5. The molecule has 1 amide bonds. The van der Waals surface area contributed by atoms with Crippen LogP contribution in [0, 0.1) is 5.82 Å². The molecule has 4 aromatic rings. The second-order valence-corrected chi connectivity index (χ2v) is 8.65. The van der Waals surface area contributed by atoms with E-state index in [2.05, 4.69) is 25.6 Å². The first-order valence-electron chi connectivity index (χ1n) is 8.47. The van der Waals surface area contributed by atoms with Gasteiger partial charge < -0.3 is 5.32 Å². The lowest BCUT2D eigenvalue weighted by molar-refractivity contribution is -0.113. The molecule has 0 unspecified atom stereocenters. The highest BCUT2D eigenvalue weighted by atomic mass is 35.5. The summed E-state index contributed by atoms with van der Waals surface area (Å²) in [5.74, 6) is -0.450. The average molecular weight is 435 g/mol. The number of amides is 1. The average Bonchev–Trinajstić information content (AvgIpc) is 3.36. The first-order valence-corrected chi connectivity index (χ1v) is 10.6. The highest BCUT2D eigenvalue weighted by Gasteiger charge is 2.26. The summed E-state index contributed by atoms with van der Waals surface area (Å²) in [6.07, 6.45) is 2.28.